The summed E-state index contributed by atoms with van der Waals surface area (Å²) in [6.07, 6.45) is 5.04. The first-order valence-electron chi connectivity index (χ1n) is 7.73. The van der Waals surface area contributed by atoms with Gasteiger partial charge in [0.15, 0.2) is 0 Å². The Hall–Kier alpha value is -1.35. The molecule has 0 heterocycles. The van der Waals surface area contributed by atoms with Crippen LogP contribution in [0.2, 0.25) is 0 Å². The van der Waals surface area contributed by atoms with E-state index >= 15 is 0 Å². The summed E-state index contributed by atoms with van der Waals surface area (Å²) in [7, 11) is 0. The van der Waals surface area contributed by atoms with Gasteiger partial charge in [-0.1, -0.05) is 43.2 Å². The number of benzene rings is 1. The lowest BCUT2D eigenvalue weighted by Gasteiger charge is -2.30. The summed E-state index contributed by atoms with van der Waals surface area (Å²) < 4.78 is 0. The molecule has 1 aromatic rings. The molecule has 0 bridgehead atoms. The van der Waals surface area contributed by atoms with Gasteiger partial charge in [-0.3, -0.25) is 4.79 Å². The van der Waals surface area contributed by atoms with Gasteiger partial charge in [-0.2, -0.15) is 0 Å². The largest absolute Gasteiger partial charge is 0.345 e. The van der Waals surface area contributed by atoms with Crippen LogP contribution in [-0.4, -0.2) is 12.5 Å². The molecule has 0 aliphatic heterocycles. The van der Waals surface area contributed by atoms with Crippen LogP contribution in [0.1, 0.15) is 38.2 Å². The van der Waals surface area contributed by atoms with Crippen LogP contribution in [0.4, 0.5) is 0 Å². The molecule has 3 nitrogen and oxygen atoms in total. The van der Waals surface area contributed by atoms with Crippen molar-refractivity contribution in [2.75, 3.05) is 6.54 Å². The molecule has 2 aliphatic carbocycles. The quantitative estimate of drug-likeness (QED) is 0.884. The lowest BCUT2D eigenvalue weighted by atomic mass is 9.91. The Balaban J connectivity index is 1.70. The Bertz CT molecular complexity index is 475. The lowest BCUT2D eigenvalue weighted by molar-refractivity contribution is -0.124. The number of amides is 1. The van der Waals surface area contributed by atoms with Gasteiger partial charge in [0.25, 0.3) is 0 Å². The number of hydrogen-bond acceptors (Lipinski definition) is 2. The topological polar surface area (TPSA) is 55.1 Å². The van der Waals surface area contributed by atoms with Crippen LogP contribution in [-0.2, 0) is 10.3 Å². The van der Waals surface area contributed by atoms with Crippen molar-refractivity contribution in [3.63, 3.8) is 0 Å². The molecule has 0 aromatic heterocycles. The van der Waals surface area contributed by atoms with E-state index in [-0.39, 0.29) is 11.8 Å². The molecule has 0 radical (unpaired) electrons. The Morgan fingerprint density at radius 2 is 1.85 bits per heavy atom. The zero-order chi connectivity index (χ0) is 14.2. The zero-order valence-electron chi connectivity index (χ0n) is 12.1. The van der Waals surface area contributed by atoms with Crippen LogP contribution < -0.4 is 11.1 Å². The minimum atomic E-state index is -0.454. The molecule has 20 heavy (non-hydrogen) atoms. The van der Waals surface area contributed by atoms with Crippen molar-refractivity contribution in [1.29, 1.82) is 0 Å². The number of hydrogen-bond donors (Lipinski definition) is 2. The van der Waals surface area contributed by atoms with Crippen LogP contribution in [0.3, 0.4) is 0 Å². The molecule has 3 N–H and O–H groups in total. The van der Waals surface area contributed by atoms with E-state index in [1.165, 1.54) is 25.7 Å². The number of carbonyl (C=O) groups is 1. The van der Waals surface area contributed by atoms with Gasteiger partial charge in [-0.25, -0.2) is 0 Å². The first kappa shape index (κ1) is 13.6. The third kappa shape index (κ3) is 2.35. The Kier molecular flexibility index (Phi) is 3.55. The summed E-state index contributed by atoms with van der Waals surface area (Å²) in [5, 5.41) is 3.21. The van der Waals surface area contributed by atoms with Crippen molar-refractivity contribution in [3.8, 4) is 0 Å². The van der Waals surface area contributed by atoms with Crippen molar-refractivity contribution in [2.45, 2.75) is 38.1 Å². The number of nitrogens with two attached hydrogens (primary N) is 1. The molecule has 1 aromatic carbocycles. The van der Waals surface area contributed by atoms with Crippen LogP contribution in [0.5, 0.6) is 0 Å². The number of fused-ring (bicyclic) bond motifs is 1. The highest BCUT2D eigenvalue weighted by Gasteiger charge is 2.55. The van der Waals surface area contributed by atoms with Gasteiger partial charge in [0.05, 0.1) is 5.54 Å². The molecule has 3 atom stereocenters. The highest BCUT2D eigenvalue weighted by molar-refractivity contribution is 5.83. The fraction of sp³-hybridized carbons (Fsp3) is 0.588. The highest BCUT2D eigenvalue weighted by Crippen LogP contribution is 2.55. The SMILES string of the molecule is CC(CN)(NC(=O)C1C2CCCCC21)c1ccccc1. The Morgan fingerprint density at radius 3 is 2.40 bits per heavy atom. The molecule has 0 saturated heterocycles. The van der Waals surface area contributed by atoms with E-state index in [2.05, 4.69) is 5.32 Å². The molecular weight excluding hydrogens is 248 g/mol. The highest BCUT2D eigenvalue weighted by atomic mass is 16.2. The van der Waals surface area contributed by atoms with E-state index in [9.17, 15) is 4.79 Å². The van der Waals surface area contributed by atoms with Gasteiger partial charge in [0.2, 0.25) is 5.91 Å². The maximum atomic E-state index is 12.6. The van der Waals surface area contributed by atoms with Crippen molar-refractivity contribution < 1.29 is 4.79 Å². The van der Waals surface area contributed by atoms with E-state index in [0.29, 0.717) is 18.4 Å². The number of nitrogens with one attached hydrogen (secondary N) is 1. The zero-order valence-corrected chi connectivity index (χ0v) is 12.1. The molecule has 2 fully saturated rings. The van der Waals surface area contributed by atoms with Gasteiger partial charge in [0.1, 0.15) is 0 Å². The maximum Gasteiger partial charge on any atom is 0.224 e. The minimum absolute atomic E-state index is 0.207. The molecule has 108 valence electrons. The smallest absolute Gasteiger partial charge is 0.224 e. The Morgan fingerprint density at radius 1 is 1.25 bits per heavy atom. The first-order valence-corrected chi connectivity index (χ1v) is 7.73. The summed E-state index contributed by atoms with van der Waals surface area (Å²) in [4.78, 5) is 12.6. The molecule has 3 heteroatoms. The van der Waals surface area contributed by atoms with Gasteiger partial charge >= 0.3 is 0 Å². The van der Waals surface area contributed by atoms with E-state index in [4.69, 9.17) is 5.73 Å². The molecule has 0 spiro atoms. The fourth-order valence-electron chi connectivity index (χ4n) is 3.78. The number of rotatable bonds is 4. The van der Waals surface area contributed by atoms with Crippen molar-refractivity contribution in [3.05, 3.63) is 35.9 Å². The van der Waals surface area contributed by atoms with Gasteiger partial charge < -0.3 is 11.1 Å². The van der Waals surface area contributed by atoms with Crippen LogP contribution in [0.15, 0.2) is 30.3 Å². The lowest BCUT2D eigenvalue weighted by Crippen LogP contribution is -2.49. The summed E-state index contributed by atoms with van der Waals surface area (Å²) in [6.45, 7) is 2.44. The molecule has 2 saturated carbocycles. The van der Waals surface area contributed by atoms with Gasteiger partial charge in [-0.05, 0) is 37.2 Å². The van der Waals surface area contributed by atoms with Crippen molar-refractivity contribution in [1.82, 2.24) is 5.32 Å². The molecule has 3 unspecified atom stereocenters. The van der Waals surface area contributed by atoms with Gasteiger partial charge in [-0.15, -0.1) is 0 Å². The van der Waals surface area contributed by atoms with Crippen molar-refractivity contribution >= 4 is 5.91 Å². The van der Waals surface area contributed by atoms with E-state index < -0.39 is 5.54 Å². The minimum Gasteiger partial charge on any atom is -0.345 e. The summed E-state index contributed by atoms with van der Waals surface area (Å²) in [5.74, 6) is 1.73. The fourth-order valence-corrected chi connectivity index (χ4v) is 3.78. The second kappa shape index (κ2) is 5.21. The second-order valence-electron chi connectivity index (χ2n) is 6.53. The molecule has 1 amide bonds. The first-order chi connectivity index (χ1) is 9.65. The molecule has 3 rings (SSSR count). The summed E-state index contributed by atoms with van der Waals surface area (Å²) in [5.41, 5.74) is 6.57. The average molecular weight is 272 g/mol. The predicted octanol–water partition coefficient (Wildman–Crippen LogP) is 2.41. The van der Waals surface area contributed by atoms with E-state index in [0.717, 1.165) is 5.56 Å². The maximum absolute atomic E-state index is 12.6. The number of carbonyl (C=O) groups excluding carboxylic acids is 1. The van der Waals surface area contributed by atoms with Crippen LogP contribution in [0.25, 0.3) is 0 Å². The third-order valence-electron chi connectivity index (χ3n) is 5.18. The predicted molar refractivity (Wildman–Crippen MR) is 79.9 cm³/mol. The molecular formula is C17H24N2O. The Labute approximate surface area is 120 Å². The summed E-state index contributed by atoms with van der Waals surface area (Å²) in [6, 6.07) is 10.0. The van der Waals surface area contributed by atoms with Crippen LogP contribution in [0, 0.1) is 17.8 Å². The normalized spacial score (nSPS) is 31.0. The van der Waals surface area contributed by atoms with E-state index in [1.54, 1.807) is 0 Å². The standard InChI is InChI=1S/C17H24N2O/c1-17(11-18,12-7-3-2-4-8-12)19-16(20)15-13-9-5-6-10-14(13)15/h2-4,7-8,13-15H,5-6,9-11,18H2,1H3,(H,19,20). The molecule has 2 aliphatic rings. The third-order valence-corrected chi connectivity index (χ3v) is 5.18. The average Bonchev–Trinajstić information content (AvgIpc) is 3.22. The second-order valence-corrected chi connectivity index (χ2v) is 6.53. The van der Waals surface area contributed by atoms with Crippen LogP contribution >= 0.6 is 0 Å². The summed E-state index contributed by atoms with van der Waals surface area (Å²) >= 11 is 0. The van der Waals surface area contributed by atoms with E-state index in [1.807, 2.05) is 37.3 Å². The monoisotopic (exact) mass is 272 g/mol. The van der Waals surface area contributed by atoms with Crippen molar-refractivity contribution in [2.24, 2.45) is 23.5 Å². The van der Waals surface area contributed by atoms with Gasteiger partial charge in [0, 0.05) is 12.5 Å².